The molecule has 0 saturated carbocycles. The maximum atomic E-state index is 11.3. The highest BCUT2D eigenvalue weighted by Gasteiger charge is 2.09. The third kappa shape index (κ3) is 4.41. The number of hydrogen-bond acceptors (Lipinski definition) is 3. The van der Waals surface area contributed by atoms with Gasteiger partial charge in [0.2, 0.25) is 0 Å². The monoisotopic (exact) mass is 303 g/mol. The molecule has 0 N–H and O–H groups in total. The van der Waals surface area contributed by atoms with Gasteiger partial charge in [0.25, 0.3) is 0 Å². The maximum Gasteiger partial charge on any atom is 0.124 e. The zero-order chi connectivity index (χ0) is 15.5. The molecule has 0 heterocycles. The normalized spacial score (nSPS) is 11.6. The van der Waals surface area contributed by atoms with E-state index in [4.69, 9.17) is 0 Å². The fourth-order valence-corrected chi connectivity index (χ4v) is 3.10. The van der Waals surface area contributed by atoms with Crippen molar-refractivity contribution in [3.05, 3.63) is 64.7 Å². The molecule has 0 atom stereocenters. The van der Waals surface area contributed by atoms with Crippen LogP contribution in [0.25, 0.3) is 0 Å². The average molecular weight is 303 g/mol. The quantitative estimate of drug-likeness (QED) is 0.796. The van der Waals surface area contributed by atoms with Crippen molar-refractivity contribution in [3.8, 4) is 0 Å². The highest BCUT2D eigenvalue weighted by molar-refractivity contribution is 7.85. The van der Waals surface area contributed by atoms with Crippen molar-refractivity contribution in [1.29, 1.82) is 0 Å². The van der Waals surface area contributed by atoms with E-state index in [2.05, 4.69) is 24.3 Å². The molecule has 2 rings (SSSR count). The van der Waals surface area contributed by atoms with Crippen molar-refractivity contribution in [2.75, 3.05) is 0 Å². The Morgan fingerprint density at radius 3 is 2.14 bits per heavy atom. The van der Waals surface area contributed by atoms with Crippen LogP contribution in [0.1, 0.15) is 28.7 Å². The van der Waals surface area contributed by atoms with Crippen LogP contribution in [0, 0.1) is 13.8 Å². The summed E-state index contributed by atoms with van der Waals surface area (Å²) in [5.41, 5.74) is 4.03. The molecule has 0 bridgehead atoms. The van der Waals surface area contributed by atoms with Gasteiger partial charge in [-0.3, -0.25) is 0 Å². The molecule has 0 saturated heterocycles. The fraction of sp³-hybridized carbons (Fsp3) is 0.294. The van der Waals surface area contributed by atoms with Gasteiger partial charge in [0.1, 0.15) is 10.1 Å². The Morgan fingerprint density at radius 2 is 1.52 bits per heavy atom. The molecule has 4 heteroatoms. The highest BCUT2D eigenvalue weighted by atomic mass is 32.2. The Hall–Kier alpha value is -1.65. The van der Waals surface area contributed by atoms with E-state index in [-0.39, 0.29) is 4.90 Å². The third-order valence-corrected chi connectivity index (χ3v) is 4.45. The summed E-state index contributed by atoms with van der Waals surface area (Å²) in [7, 11) is -4.40. The van der Waals surface area contributed by atoms with Crippen molar-refractivity contribution in [1.82, 2.24) is 0 Å². The lowest BCUT2D eigenvalue weighted by atomic mass is 10.0. The van der Waals surface area contributed by atoms with Gasteiger partial charge in [-0.15, -0.1) is 0 Å². The maximum absolute atomic E-state index is 11.3. The third-order valence-electron chi connectivity index (χ3n) is 3.52. The first-order chi connectivity index (χ1) is 9.86. The van der Waals surface area contributed by atoms with Crippen LogP contribution in [0.4, 0.5) is 0 Å². The summed E-state index contributed by atoms with van der Waals surface area (Å²) in [5, 5.41) is 0. The van der Waals surface area contributed by atoms with Gasteiger partial charge in [0.05, 0.1) is 4.90 Å². The Morgan fingerprint density at radius 1 is 0.905 bits per heavy atom. The van der Waals surface area contributed by atoms with Crippen LogP contribution in [0.3, 0.4) is 0 Å². The standard InChI is InChI=1S/C17H20O3S/c1-13-6-9-15(10-7-13)4-3-5-16-12-14(2)8-11-17(16)21(18,19)20/h6-12H,3-5H2,1-2H3,(H,18,19,20)/p-1. The molecular weight excluding hydrogens is 284 g/mol. The van der Waals surface area contributed by atoms with E-state index in [1.54, 1.807) is 12.1 Å². The lowest BCUT2D eigenvalue weighted by Crippen LogP contribution is -2.04. The second-order valence-corrected chi connectivity index (χ2v) is 6.75. The summed E-state index contributed by atoms with van der Waals surface area (Å²) in [6.07, 6.45) is 2.27. The zero-order valence-electron chi connectivity index (χ0n) is 12.3. The Balaban J connectivity index is 2.09. The van der Waals surface area contributed by atoms with E-state index in [0.29, 0.717) is 12.0 Å². The minimum Gasteiger partial charge on any atom is -0.744 e. The Labute approximate surface area is 126 Å². The van der Waals surface area contributed by atoms with Gasteiger partial charge in [0.15, 0.2) is 0 Å². The number of rotatable bonds is 5. The second-order valence-electron chi connectivity index (χ2n) is 5.40. The van der Waals surface area contributed by atoms with Crippen molar-refractivity contribution >= 4 is 10.1 Å². The second kappa shape index (κ2) is 6.41. The van der Waals surface area contributed by atoms with Crippen LogP contribution in [0.5, 0.6) is 0 Å². The molecule has 0 aliphatic rings. The fourth-order valence-electron chi connectivity index (χ4n) is 2.39. The molecule has 0 spiro atoms. The van der Waals surface area contributed by atoms with Gasteiger partial charge in [-0.25, -0.2) is 8.42 Å². The van der Waals surface area contributed by atoms with Gasteiger partial charge < -0.3 is 4.55 Å². The number of aryl methyl sites for hydroxylation is 4. The van der Waals surface area contributed by atoms with Gasteiger partial charge >= 0.3 is 0 Å². The summed E-state index contributed by atoms with van der Waals surface area (Å²) in [5.74, 6) is 0. The Bertz CT molecular complexity index is 716. The highest BCUT2D eigenvalue weighted by Crippen LogP contribution is 2.19. The number of benzene rings is 2. The average Bonchev–Trinajstić information content (AvgIpc) is 2.40. The smallest absolute Gasteiger partial charge is 0.124 e. The van der Waals surface area contributed by atoms with E-state index in [1.165, 1.54) is 17.2 Å². The minimum absolute atomic E-state index is 0.0861. The van der Waals surface area contributed by atoms with Crippen LogP contribution in [0.2, 0.25) is 0 Å². The van der Waals surface area contributed by atoms with Crippen molar-refractivity contribution in [2.24, 2.45) is 0 Å². The molecule has 112 valence electrons. The first kappa shape index (κ1) is 15.7. The molecule has 0 aromatic heterocycles. The minimum atomic E-state index is -4.40. The molecule has 0 aliphatic carbocycles. The van der Waals surface area contributed by atoms with E-state index >= 15 is 0 Å². The lowest BCUT2D eigenvalue weighted by molar-refractivity contribution is 0.462. The molecule has 0 radical (unpaired) electrons. The van der Waals surface area contributed by atoms with E-state index in [0.717, 1.165) is 18.4 Å². The van der Waals surface area contributed by atoms with Crippen LogP contribution in [-0.2, 0) is 23.0 Å². The molecule has 0 unspecified atom stereocenters. The molecule has 2 aromatic carbocycles. The van der Waals surface area contributed by atoms with Crippen LogP contribution >= 0.6 is 0 Å². The van der Waals surface area contributed by atoms with E-state index in [1.807, 2.05) is 13.8 Å². The zero-order valence-corrected chi connectivity index (χ0v) is 13.1. The topological polar surface area (TPSA) is 57.2 Å². The summed E-state index contributed by atoms with van der Waals surface area (Å²) >= 11 is 0. The molecule has 0 aliphatic heterocycles. The SMILES string of the molecule is Cc1ccc(CCCc2cc(C)ccc2S(=O)(=O)[O-])cc1. The largest absolute Gasteiger partial charge is 0.744 e. The molecule has 21 heavy (non-hydrogen) atoms. The molecular formula is C17H19O3S-. The Kier molecular flexibility index (Phi) is 4.80. The van der Waals surface area contributed by atoms with Gasteiger partial charge in [-0.1, -0.05) is 47.5 Å². The summed E-state index contributed by atoms with van der Waals surface area (Å²) < 4.78 is 33.8. The molecule has 3 nitrogen and oxygen atoms in total. The van der Waals surface area contributed by atoms with Crippen LogP contribution < -0.4 is 0 Å². The first-order valence-electron chi connectivity index (χ1n) is 6.97. The summed E-state index contributed by atoms with van der Waals surface area (Å²) in [6, 6.07) is 13.2. The van der Waals surface area contributed by atoms with Crippen LogP contribution in [0.15, 0.2) is 47.4 Å². The van der Waals surface area contributed by atoms with Crippen LogP contribution in [-0.4, -0.2) is 13.0 Å². The predicted molar refractivity (Wildman–Crippen MR) is 82.3 cm³/mol. The van der Waals surface area contributed by atoms with Crippen molar-refractivity contribution in [3.63, 3.8) is 0 Å². The van der Waals surface area contributed by atoms with Gasteiger partial charge in [-0.05, 0) is 50.3 Å². The number of hydrogen-bond donors (Lipinski definition) is 0. The van der Waals surface area contributed by atoms with Crippen molar-refractivity contribution < 1.29 is 13.0 Å². The predicted octanol–water partition coefficient (Wildman–Crippen LogP) is 3.38. The molecule has 0 fully saturated rings. The van der Waals surface area contributed by atoms with E-state index in [9.17, 15) is 13.0 Å². The summed E-state index contributed by atoms with van der Waals surface area (Å²) in [4.78, 5) is -0.0861. The molecule has 0 amide bonds. The van der Waals surface area contributed by atoms with Crippen molar-refractivity contribution in [2.45, 2.75) is 38.0 Å². The van der Waals surface area contributed by atoms with E-state index < -0.39 is 10.1 Å². The van der Waals surface area contributed by atoms with Gasteiger partial charge in [-0.2, -0.15) is 0 Å². The lowest BCUT2D eigenvalue weighted by Gasteiger charge is -2.13. The summed E-state index contributed by atoms with van der Waals surface area (Å²) in [6.45, 7) is 3.94. The van der Waals surface area contributed by atoms with Gasteiger partial charge in [0, 0.05) is 0 Å². The molecule has 2 aromatic rings. The first-order valence-corrected chi connectivity index (χ1v) is 8.38.